The van der Waals surface area contributed by atoms with E-state index < -0.39 is 0 Å². The summed E-state index contributed by atoms with van der Waals surface area (Å²) in [4.78, 5) is 21.4. The second kappa shape index (κ2) is 14.7. The van der Waals surface area contributed by atoms with Gasteiger partial charge in [0.1, 0.15) is 12.1 Å². The third-order valence-electron chi connectivity index (χ3n) is 9.38. The van der Waals surface area contributed by atoms with Gasteiger partial charge in [0.25, 0.3) is 0 Å². The molecule has 0 aliphatic heterocycles. The van der Waals surface area contributed by atoms with E-state index in [1.165, 1.54) is 28.0 Å². The summed E-state index contributed by atoms with van der Waals surface area (Å²) >= 11 is 0. The summed E-state index contributed by atoms with van der Waals surface area (Å²) in [5, 5.41) is 13.6. The molecule has 4 rings (SSSR count). The Balaban J connectivity index is 0.000000318. The molecule has 0 amide bonds. The van der Waals surface area contributed by atoms with Crippen molar-refractivity contribution in [3.05, 3.63) is 83.9 Å². The first kappa shape index (κ1) is 36.3. The number of fused-ring (bicyclic) bond motifs is 3. The fourth-order valence-electron chi connectivity index (χ4n) is 5.04. The van der Waals surface area contributed by atoms with Crippen molar-refractivity contribution < 1.29 is 30.0 Å². The number of allylic oxidation sites excluding steroid dienone is 2. The number of aliphatic hydroxyl groups is 1. The van der Waals surface area contributed by atoms with Gasteiger partial charge in [-0.05, 0) is 60.1 Å². The topological polar surface area (TPSA) is 63.1 Å². The third kappa shape index (κ3) is 7.99. The maximum atomic E-state index is 12.2. The standard InChI is InChI=1S/C23H21N2.C15H28O2.Ir/c1-15-12-20-21(16-8-7-9-17(13-16)23(2,3)4)24-14-25-22(20)19-11-6-5-10-18(15)19;1-7-14(5,8-2)12(16)11-13(17)15(6,9-3)10-4;/h5-7,9-14H,1-4H3;11,16H,7-10H2,1-6H3;/q-1;;/b;12-11-;. The molecule has 233 valence electrons. The van der Waals surface area contributed by atoms with Crippen LogP contribution in [-0.2, 0) is 30.3 Å². The van der Waals surface area contributed by atoms with Crippen molar-refractivity contribution in [2.45, 2.75) is 100 Å². The summed E-state index contributed by atoms with van der Waals surface area (Å²) in [5.41, 5.74) is 4.99. The number of hydrogen-bond donors (Lipinski definition) is 1. The van der Waals surface area contributed by atoms with Gasteiger partial charge in [0, 0.05) is 42.4 Å². The van der Waals surface area contributed by atoms with Gasteiger partial charge in [-0.15, -0.1) is 35.4 Å². The Morgan fingerprint density at radius 1 is 0.837 bits per heavy atom. The predicted octanol–water partition coefficient (Wildman–Crippen LogP) is 10.5. The molecule has 4 aromatic rings. The molecule has 5 heteroatoms. The summed E-state index contributed by atoms with van der Waals surface area (Å²) in [7, 11) is 0. The number of aryl methyl sites for hydroxylation is 1. The molecule has 1 radical (unpaired) electrons. The van der Waals surface area contributed by atoms with Gasteiger partial charge in [-0.25, -0.2) is 4.98 Å². The number of carbonyl (C=O) groups excluding carboxylic acids is 1. The molecule has 43 heavy (non-hydrogen) atoms. The van der Waals surface area contributed by atoms with Crippen LogP contribution in [0.5, 0.6) is 0 Å². The minimum absolute atomic E-state index is 0. The SMILES string of the molecule is CCC(C)(CC)C(=O)/C=C(\O)C(C)(CC)CC.Cc1cc2c(-c3[c-]ccc(C(C)(C)C)c3)ncnc2c2ccccc12.[Ir]. The Kier molecular flexibility index (Phi) is 12.4. The van der Waals surface area contributed by atoms with Crippen LogP contribution < -0.4 is 0 Å². The Labute approximate surface area is 272 Å². The van der Waals surface area contributed by atoms with E-state index in [4.69, 9.17) is 0 Å². The van der Waals surface area contributed by atoms with Crippen molar-refractivity contribution in [1.82, 2.24) is 9.97 Å². The zero-order chi connectivity index (χ0) is 31.3. The number of aromatic nitrogens is 2. The number of ketones is 1. The van der Waals surface area contributed by atoms with Crippen molar-refractivity contribution in [1.29, 1.82) is 0 Å². The van der Waals surface area contributed by atoms with Gasteiger partial charge >= 0.3 is 0 Å². The molecule has 0 saturated carbocycles. The van der Waals surface area contributed by atoms with Crippen LogP contribution in [0.2, 0.25) is 0 Å². The van der Waals surface area contributed by atoms with Crippen LogP contribution in [-0.4, -0.2) is 20.9 Å². The van der Waals surface area contributed by atoms with E-state index in [1.54, 1.807) is 6.33 Å². The van der Waals surface area contributed by atoms with E-state index >= 15 is 0 Å². The van der Waals surface area contributed by atoms with Gasteiger partial charge in [-0.2, -0.15) is 0 Å². The van der Waals surface area contributed by atoms with Gasteiger partial charge < -0.3 is 5.11 Å². The number of aliphatic hydroxyl groups excluding tert-OH is 1. The molecule has 4 nitrogen and oxygen atoms in total. The van der Waals surface area contributed by atoms with E-state index in [1.807, 2.05) is 47.6 Å². The zero-order valence-electron chi connectivity index (χ0n) is 27.7. The van der Waals surface area contributed by atoms with Crippen molar-refractivity contribution in [2.24, 2.45) is 10.8 Å². The van der Waals surface area contributed by atoms with Crippen molar-refractivity contribution in [2.75, 3.05) is 0 Å². The van der Waals surface area contributed by atoms with Crippen LogP contribution in [0, 0.1) is 23.8 Å². The van der Waals surface area contributed by atoms with Gasteiger partial charge in [-0.3, -0.25) is 9.78 Å². The van der Waals surface area contributed by atoms with Crippen LogP contribution in [0.15, 0.2) is 66.7 Å². The molecule has 1 heterocycles. The smallest absolute Gasteiger partial charge is 0.164 e. The maximum Gasteiger partial charge on any atom is 0.164 e. The molecule has 0 saturated heterocycles. The van der Waals surface area contributed by atoms with Crippen LogP contribution in [0.3, 0.4) is 0 Å². The molecule has 0 aliphatic rings. The van der Waals surface area contributed by atoms with Crippen molar-refractivity contribution in [3.8, 4) is 11.3 Å². The minimum atomic E-state index is -0.337. The number of hydrogen-bond acceptors (Lipinski definition) is 4. The fourth-order valence-corrected chi connectivity index (χ4v) is 5.04. The monoisotopic (exact) mass is 758 g/mol. The van der Waals surface area contributed by atoms with Gasteiger partial charge in [-0.1, -0.05) is 92.6 Å². The van der Waals surface area contributed by atoms with Crippen LogP contribution in [0.4, 0.5) is 0 Å². The van der Waals surface area contributed by atoms with Gasteiger partial charge in [0.15, 0.2) is 5.78 Å². The number of nitrogens with zero attached hydrogens (tertiary/aromatic N) is 2. The summed E-state index contributed by atoms with van der Waals surface area (Å²) in [6, 6.07) is 20.3. The third-order valence-corrected chi connectivity index (χ3v) is 9.38. The van der Waals surface area contributed by atoms with Crippen LogP contribution >= 0.6 is 0 Å². The van der Waals surface area contributed by atoms with E-state index in [0.717, 1.165) is 47.8 Å². The molecule has 1 aromatic heterocycles. The van der Waals surface area contributed by atoms with Crippen molar-refractivity contribution in [3.63, 3.8) is 0 Å². The van der Waals surface area contributed by atoms with Crippen LogP contribution in [0.1, 0.15) is 99.1 Å². The van der Waals surface area contributed by atoms with Gasteiger partial charge in [0.05, 0.1) is 5.52 Å². The predicted molar refractivity (Wildman–Crippen MR) is 178 cm³/mol. The quantitative estimate of drug-likeness (QED) is 0.0842. The first-order chi connectivity index (χ1) is 19.7. The molecular formula is C38H49IrN2O2-. The molecule has 0 aliphatic carbocycles. The summed E-state index contributed by atoms with van der Waals surface area (Å²) in [6.45, 7) is 20.9. The van der Waals surface area contributed by atoms with E-state index in [2.05, 4.69) is 86.2 Å². The van der Waals surface area contributed by atoms with Crippen LogP contribution in [0.25, 0.3) is 32.9 Å². The van der Waals surface area contributed by atoms with Crippen molar-refractivity contribution >= 4 is 27.5 Å². The zero-order valence-corrected chi connectivity index (χ0v) is 30.1. The molecule has 0 unspecified atom stereocenters. The fraction of sp³-hybridized carbons (Fsp3) is 0.447. The molecular weight excluding hydrogens is 709 g/mol. The summed E-state index contributed by atoms with van der Waals surface area (Å²) < 4.78 is 0. The number of benzene rings is 3. The summed E-state index contributed by atoms with van der Waals surface area (Å²) in [5.74, 6) is 0.286. The maximum absolute atomic E-state index is 12.2. The van der Waals surface area contributed by atoms with Gasteiger partial charge in [0.2, 0.25) is 0 Å². The molecule has 0 fully saturated rings. The normalized spacial score (nSPS) is 12.5. The van der Waals surface area contributed by atoms with E-state index in [-0.39, 0.29) is 47.9 Å². The number of carbonyl (C=O) groups is 1. The summed E-state index contributed by atoms with van der Waals surface area (Å²) in [6.07, 6.45) is 6.42. The number of rotatable bonds is 8. The minimum Gasteiger partial charge on any atom is -0.512 e. The Morgan fingerprint density at radius 2 is 1.42 bits per heavy atom. The molecule has 0 spiro atoms. The molecule has 0 atom stereocenters. The second-order valence-corrected chi connectivity index (χ2v) is 13.0. The first-order valence-electron chi connectivity index (χ1n) is 15.4. The second-order valence-electron chi connectivity index (χ2n) is 13.0. The Morgan fingerprint density at radius 3 is 1.98 bits per heavy atom. The van der Waals surface area contributed by atoms with E-state index in [9.17, 15) is 9.90 Å². The largest absolute Gasteiger partial charge is 0.512 e. The first-order valence-corrected chi connectivity index (χ1v) is 15.4. The average Bonchev–Trinajstić information content (AvgIpc) is 3.00. The molecule has 1 N–H and O–H groups in total. The Hall–Kier alpha value is -2.88. The Bertz CT molecular complexity index is 1570. The average molecular weight is 758 g/mol. The molecule has 0 bridgehead atoms. The van der Waals surface area contributed by atoms with E-state index in [0.29, 0.717) is 0 Å². The molecule has 3 aromatic carbocycles.